The lowest BCUT2D eigenvalue weighted by Gasteiger charge is -2.59. The number of aliphatic hydroxyl groups is 2. The summed E-state index contributed by atoms with van der Waals surface area (Å²) in [5, 5.41) is 23.4. The molecule has 0 spiro atoms. The number of sulfone groups is 1. The Balaban J connectivity index is 1.35. The Hall–Kier alpha value is -2.99. The summed E-state index contributed by atoms with van der Waals surface area (Å²) in [6, 6.07) is 8.89. The highest BCUT2D eigenvalue weighted by molar-refractivity contribution is 7.92. The number of hydrogen-bond donors (Lipinski definition) is 3. The largest absolute Gasteiger partial charge is 0.386 e. The fourth-order valence-corrected chi connectivity index (χ4v) is 7.90. The number of aliphatic hydroxyl groups excluding tert-OH is 1. The molecule has 0 aliphatic heterocycles. The van der Waals surface area contributed by atoms with Crippen molar-refractivity contribution >= 4 is 33.0 Å². The van der Waals surface area contributed by atoms with E-state index < -0.39 is 62.0 Å². The van der Waals surface area contributed by atoms with Gasteiger partial charge in [-0.3, -0.25) is 9.78 Å². The van der Waals surface area contributed by atoms with E-state index in [-0.39, 0.29) is 39.7 Å². The molecule has 6 rings (SSSR count). The molecule has 3 aromatic rings. The minimum Gasteiger partial charge on any atom is -0.386 e. The van der Waals surface area contributed by atoms with Crippen LogP contribution in [0.5, 0.6) is 0 Å². The molecule has 0 radical (unpaired) electrons. The molecule has 12 heteroatoms. The number of fused-ring (bicyclic) bond motifs is 2. The molecule has 2 bridgehead atoms. The Bertz CT molecular complexity index is 1510. The van der Waals surface area contributed by atoms with E-state index in [1.807, 2.05) is 0 Å². The van der Waals surface area contributed by atoms with Crippen LogP contribution in [0.3, 0.4) is 0 Å². The van der Waals surface area contributed by atoms with Crippen molar-refractivity contribution in [3.8, 4) is 0 Å². The average Bonchev–Trinajstić information content (AvgIpc) is 2.90. The zero-order chi connectivity index (χ0) is 27.4. The number of benzene rings is 2. The lowest BCUT2D eigenvalue weighted by molar-refractivity contribution is -0.234. The molecular weight excluding hydrogens is 545 g/mol. The van der Waals surface area contributed by atoms with Gasteiger partial charge in [0.05, 0.1) is 27.1 Å². The van der Waals surface area contributed by atoms with Crippen LogP contribution in [0.4, 0.5) is 18.9 Å². The molecule has 2 aromatic carbocycles. The van der Waals surface area contributed by atoms with Gasteiger partial charge in [-0.1, -0.05) is 11.6 Å². The van der Waals surface area contributed by atoms with Crippen LogP contribution in [0.15, 0.2) is 59.6 Å². The minimum atomic E-state index is -4.06. The number of amides is 1. The minimum absolute atomic E-state index is 0.0193. The Kier molecular flexibility index (Phi) is 6.75. The third-order valence-electron chi connectivity index (χ3n) is 7.56. The van der Waals surface area contributed by atoms with Gasteiger partial charge < -0.3 is 15.5 Å². The number of carbonyl (C=O) groups is 1. The summed E-state index contributed by atoms with van der Waals surface area (Å²) in [6.07, 6.45) is 0.0964. The summed E-state index contributed by atoms with van der Waals surface area (Å²) < 4.78 is 67.0. The molecule has 1 aromatic heterocycles. The SMILES string of the molecule is O=C(Nc1ccc(F)c(F)c1)c1ccc(Cl)c(S(=O)(=O)C2CC3CC(C2)C3(O)C(O)c2ccc(F)cn2)c1. The van der Waals surface area contributed by atoms with Crippen molar-refractivity contribution in [3.05, 3.63) is 88.5 Å². The van der Waals surface area contributed by atoms with Crippen LogP contribution in [-0.2, 0) is 9.84 Å². The molecule has 3 aliphatic carbocycles. The highest BCUT2D eigenvalue weighted by Gasteiger charge is 2.63. The molecule has 3 unspecified atom stereocenters. The van der Waals surface area contributed by atoms with Crippen molar-refractivity contribution in [2.24, 2.45) is 11.8 Å². The van der Waals surface area contributed by atoms with Gasteiger partial charge in [0.1, 0.15) is 17.5 Å². The molecular formula is C26H22ClF3N2O5S. The van der Waals surface area contributed by atoms with Gasteiger partial charge in [0.2, 0.25) is 0 Å². The molecule has 38 heavy (non-hydrogen) atoms. The first-order chi connectivity index (χ1) is 17.9. The first-order valence-electron chi connectivity index (χ1n) is 11.7. The fraction of sp³-hybridized carbons (Fsp3) is 0.308. The first-order valence-corrected chi connectivity index (χ1v) is 13.7. The van der Waals surface area contributed by atoms with Gasteiger partial charge in [0, 0.05) is 17.3 Å². The number of aromatic nitrogens is 1. The number of nitrogens with zero attached hydrogens (tertiary/aromatic N) is 1. The maximum Gasteiger partial charge on any atom is 0.255 e. The molecule has 0 saturated heterocycles. The monoisotopic (exact) mass is 566 g/mol. The van der Waals surface area contributed by atoms with E-state index in [0.29, 0.717) is 6.42 Å². The molecule has 1 heterocycles. The van der Waals surface area contributed by atoms with Crippen LogP contribution < -0.4 is 5.32 Å². The molecule has 3 fully saturated rings. The number of carbonyl (C=O) groups excluding carboxylic acids is 1. The molecule has 1 amide bonds. The normalized spacial score (nSPS) is 25.4. The number of halogens is 4. The van der Waals surface area contributed by atoms with Crippen molar-refractivity contribution in [1.29, 1.82) is 0 Å². The third-order valence-corrected chi connectivity index (χ3v) is 10.2. The molecule has 3 saturated carbocycles. The van der Waals surface area contributed by atoms with Crippen LogP contribution in [0.1, 0.15) is 41.4 Å². The van der Waals surface area contributed by atoms with Crippen molar-refractivity contribution < 1.29 is 36.6 Å². The van der Waals surface area contributed by atoms with Gasteiger partial charge in [-0.2, -0.15) is 0 Å². The summed E-state index contributed by atoms with van der Waals surface area (Å²) in [6.45, 7) is 0. The van der Waals surface area contributed by atoms with E-state index in [0.717, 1.165) is 36.5 Å². The second-order valence-corrected chi connectivity index (χ2v) is 12.3. The highest BCUT2D eigenvalue weighted by Crippen LogP contribution is 2.60. The average molecular weight is 567 g/mol. The summed E-state index contributed by atoms with van der Waals surface area (Å²) >= 11 is 6.22. The fourth-order valence-electron chi connectivity index (χ4n) is 5.50. The number of pyridine rings is 1. The van der Waals surface area contributed by atoms with Crippen LogP contribution in [-0.4, -0.2) is 40.4 Å². The van der Waals surface area contributed by atoms with E-state index in [4.69, 9.17) is 11.6 Å². The summed E-state index contributed by atoms with van der Waals surface area (Å²) in [5.74, 6) is -4.69. The topological polar surface area (TPSA) is 117 Å². The second kappa shape index (κ2) is 9.64. The summed E-state index contributed by atoms with van der Waals surface area (Å²) in [5.41, 5.74) is -1.60. The predicted octanol–water partition coefficient (Wildman–Crippen LogP) is 4.44. The molecule has 3 atom stereocenters. The number of hydrogen-bond acceptors (Lipinski definition) is 6. The van der Waals surface area contributed by atoms with E-state index in [1.165, 1.54) is 18.2 Å². The zero-order valence-electron chi connectivity index (χ0n) is 19.6. The van der Waals surface area contributed by atoms with E-state index in [1.54, 1.807) is 0 Å². The quantitative estimate of drug-likeness (QED) is 0.406. The van der Waals surface area contributed by atoms with Gasteiger partial charge in [-0.05, 0) is 73.6 Å². The van der Waals surface area contributed by atoms with Gasteiger partial charge in [0.15, 0.2) is 21.5 Å². The number of nitrogens with one attached hydrogen (secondary N) is 1. The maximum absolute atomic E-state index is 13.6. The lowest BCUT2D eigenvalue weighted by atomic mass is 9.51. The van der Waals surface area contributed by atoms with E-state index in [2.05, 4.69) is 10.3 Å². The highest BCUT2D eigenvalue weighted by atomic mass is 35.5. The maximum atomic E-state index is 13.6. The molecule has 3 aliphatic rings. The molecule has 7 nitrogen and oxygen atoms in total. The van der Waals surface area contributed by atoms with Crippen LogP contribution in [0.2, 0.25) is 5.02 Å². The Morgan fingerprint density at radius 2 is 1.74 bits per heavy atom. The second-order valence-electron chi connectivity index (χ2n) is 9.69. The first kappa shape index (κ1) is 26.6. The van der Waals surface area contributed by atoms with Crippen LogP contribution in [0.25, 0.3) is 0 Å². The van der Waals surface area contributed by atoms with Gasteiger partial charge in [-0.25, -0.2) is 21.6 Å². The van der Waals surface area contributed by atoms with Crippen LogP contribution in [0, 0.1) is 29.3 Å². The third kappa shape index (κ3) is 4.47. The molecule has 3 N–H and O–H groups in total. The van der Waals surface area contributed by atoms with Crippen molar-refractivity contribution in [2.45, 2.75) is 41.1 Å². The van der Waals surface area contributed by atoms with Crippen molar-refractivity contribution in [3.63, 3.8) is 0 Å². The van der Waals surface area contributed by atoms with Gasteiger partial charge >= 0.3 is 0 Å². The zero-order valence-corrected chi connectivity index (χ0v) is 21.2. The van der Waals surface area contributed by atoms with E-state index >= 15 is 0 Å². The standard InChI is InChI=1S/C26H22ClF3N2O5S/c27-19-4-1-13(25(34)32-17-3-5-20(29)21(30)11-17)7-23(19)38(36,37)18-9-14-8-15(10-18)26(14,35)24(33)22-6-2-16(28)12-31-22/h1-7,11-12,14-15,18,24,33,35H,8-10H2,(H,32,34). The summed E-state index contributed by atoms with van der Waals surface area (Å²) in [7, 11) is -4.06. The Labute approximate surface area is 221 Å². The Morgan fingerprint density at radius 1 is 1.03 bits per heavy atom. The smallest absolute Gasteiger partial charge is 0.255 e. The van der Waals surface area contributed by atoms with Crippen LogP contribution >= 0.6 is 11.6 Å². The van der Waals surface area contributed by atoms with E-state index in [9.17, 15) is 36.6 Å². The number of anilines is 1. The van der Waals surface area contributed by atoms with Gasteiger partial charge in [0.25, 0.3) is 5.91 Å². The van der Waals surface area contributed by atoms with Gasteiger partial charge in [-0.15, -0.1) is 0 Å². The Morgan fingerprint density at radius 3 is 2.37 bits per heavy atom. The van der Waals surface area contributed by atoms with Crippen molar-refractivity contribution in [2.75, 3.05) is 5.32 Å². The summed E-state index contributed by atoms with van der Waals surface area (Å²) in [4.78, 5) is 16.3. The molecule has 200 valence electrons. The lowest BCUT2D eigenvalue weighted by Crippen LogP contribution is -2.64. The van der Waals surface area contributed by atoms with Crippen molar-refractivity contribution in [1.82, 2.24) is 4.98 Å². The number of rotatable bonds is 6. The predicted molar refractivity (Wildman–Crippen MR) is 132 cm³/mol.